The van der Waals surface area contributed by atoms with Gasteiger partial charge in [0.25, 0.3) is 0 Å². The minimum atomic E-state index is -0.428. The first kappa shape index (κ1) is 22.9. The lowest BCUT2D eigenvalue weighted by Gasteiger charge is -2.25. The Kier molecular flexibility index (Phi) is 6.90. The Morgan fingerprint density at radius 2 is 1.97 bits per heavy atom. The van der Waals surface area contributed by atoms with E-state index in [2.05, 4.69) is 21.3 Å². The van der Waals surface area contributed by atoms with Gasteiger partial charge in [0.05, 0.1) is 28.2 Å². The first-order valence-electron chi connectivity index (χ1n) is 10.8. The molecule has 7 nitrogen and oxygen atoms in total. The number of carbonyl (C=O) groups excluding carboxylic acids is 1. The summed E-state index contributed by atoms with van der Waals surface area (Å²) in [5, 5.41) is 13.5. The van der Waals surface area contributed by atoms with E-state index in [9.17, 15) is 9.90 Å². The Hall–Kier alpha value is -2.32. The average Bonchev–Trinajstić information content (AvgIpc) is 3.32. The molecule has 3 aromatic rings. The van der Waals surface area contributed by atoms with E-state index < -0.39 is 6.10 Å². The first-order valence-corrected chi connectivity index (χ1v) is 11.2. The number of aliphatic hydroxyl groups is 1. The number of fused-ring (bicyclic) bond motifs is 1. The van der Waals surface area contributed by atoms with E-state index in [0.717, 1.165) is 54.2 Å². The van der Waals surface area contributed by atoms with E-state index >= 15 is 0 Å². The number of H-pyrrole nitrogens is 1. The van der Waals surface area contributed by atoms with Crippen molar-refractivity contribution in [3.63, 3.8) is 0 Å². The zero-order chi connectivity index (χ0) is 21.4. The van der Waals surface area contributed by atoms with E-state index in [1.54, 1.807) is 0 Å². The number of halogens is 2. The van der Waals surface area contributed by atoms with E-state index in [1.165, 1.54) is 0 Å². The lowest BCUT2D eigenvalue weighted by atomic mass is 10.1. The number of imidazole rings is 1. The minimum Gasteiger partial charge on any atom is -0.392 e. The quantitative estimate of drug-likeness (QED) is 0.541. The van der Waals surface area contributed by atoms with Gasteiger partial charge in [0, 0.05) is 44.0 Å². The van der Waals surface area contributed by atoms with Crippen LogP contribution in [0.15, 0.2) is 42.5 Å². The smallest absolute Gasteiger partial charge is 0.239 e. The van der Waals surface area contributed by atoms with Gasteiger partial charge >= 0.3 is 0 Å². The van der Waals surface area contributed by atoms with Crippen LogP contribution in [-0.4, -0.2) is 70.8 Å². The Morgan fingerprint density at radius 3 is 2.75 bits per heavy atom. The van der Waals surface area contributed by atoms with Gasteiger partial charge < -0.3 is 25.2 Å². The van der Waals surface area contributed by atoms with Crippen LogP contribution in [0, 0.1) is 0 Å². The minimum absolute atomic E-state index is 0. The number of aromatic nitrogens is 2. The van der Waals surface area contributed by atoms with Gasteiger partial charge in [-0.05, 0) is 43.2 Å². The van der Waals surface area contributed by atoms with Crippen LogP contribution >= 0.6 is 24.0 Å². The summed E-state index contributed by atoms with van der Waals surface area (Å²) in [6, 6.07) is 13.7. The number of nitrogens with one attached hydrogen (secondary N) is 2. The molecule has 0 bridgehead atoms. The van der Waals surface area contributed by atoms with Crippen LogP contribution in [0.25, 0.3) is 22.4 Å². The molecular weight excluding hydrogens is 449 g/mol. The molecule has 0 saturated carbocycles. The van der Waals surface area contributed by atoms with Crippen molar-refractivity contribution in [2.24, 2.45) is 0 Å². The lowest BCUT2D eigenvalue weighted by molar-refractivity contribution is -0.133. The fourth-order valence-electron chi connectivity index (χ4n) is 4.49. The molecule has 2 aliphatic rings. The van der Waals surface area contributed by atoms with Crippen molar-refractivity contribution in [2.75, 3.05) is 37.6 Å². The van der Waals surface area contributed by atoms with Crippen LogP contribution < -0.4 is 10.2 Å². The highest BCUT2D eigenvalue weighted by atomic mass is 35.5. The van der Waals surface area contributed by atoms with Gasteiger partial charge in [0.15, 0.2) is 0 Å². The monoisotopic (exact) mass is 475 g/mol. The Bertz CT molecular complexity index is 1070. The second-order valence-electron chi connectivity index (χ2n) is 8.28. The van der Waals surface area contributed by atoms with Gasteiger partial charge in [0.2, 0.25) is 5.91 Å². The maximum Gasteiger partial charge on any atom is 0.239 e. The molecule has 2 aliphatic heterocycles. The van der Waals surface area contributed by atoms with E-state index in [-0.39, 0.29) is 24.4 Å². The maximum absolute atomic E-state index is 12.8. The molecule has 1 amide bonds. The molecule has 170 valence electrons. The molecule has 0 radical (unpaired) electrons. The normalized spacial score (nSPS) is 21.4. The number of amides is 1. The number of hydrogen-bond donors (Lipinski definition) is 3. The zero-order valence-electron chi connectivity index (χ0n) is 17.6. The number of benzene rings is 2. The number of aliphatic hydroxyl groups excluding tert-OH is 1. The zero-order valence-corrected chi connectivity index (χ0v) is 19.2. The summed E-state index contributed by atoms with van der Waals surface area (Å²) < 4.78 is 0. The molecule has 2 atom stereocenters. The van der Waals surface area contributed by atoms with Crippen LogP contribution in [0.3, 0.4) is 0 Å². The third-order valence-corrected chi connectivity index (χ3v) is 6.50. The fraction of sp³-hybridized carbons (Fsp3) is 0.391. The number of anilines is 1. The summed E-state index contributed by atoms with van der Waals surface area (Å²) in [7, 11) is 0. The van der Waals surface area contributed by atoms with E-state index in [0.29, 0.717) is 24.5 Å². The highest BCUT2D eigenvalue weighted by Gasteiger charge is 2.32. The molecule has 3 N–H and O–H groups in total. The summed E-state index contributed by atoms with van der Waals surface area (Å²) in [5.41, 5.74) is 3.84. The number of hydrogen-bond acceptors (Lipinski definition) is 5. The van der Waals surface area contributed by atoms with Crippen LogP contribution in [0.4, 0.5) is 5.69 Å². The summed E-state index contributed by atoms with van der Waals surface area (Å²) in [4.78, 5) is 25.1. The number of aromatic amines is 1. The second kappa shape index (κ2) is 9.67. The second-order valence-corrected chi connectivity index (χ2v) is 8.69. The molecule has 9 heteroatoms. The molecule has 2 saturated heterocycles. The SMILES string of the molecule is Cl.O=C([C@@H]1C[C@@H](O)CN1)N1CCCN(c2ccc(Cl)c(-c3nc4ccccc4[nH]3)c2)CC1. The van der Waals surface area contributed by atoms with Crippen molar-refractivity contribution in [1.82, 2.24) is 20.2 Å². The maximum atomic E-state index is 12.8. The topological polar surface area (TPSA) is 84.5 Å². The Morgan fingerprint density at radius 1 is 1.12 bits per heavy atom. The molecule has 0 spiro atoms. The van der Waals surface area contributed by atoms with Crippen LogP contribution in [-0.2, 0) is 4.79 Å². The summed E-state index contributed by atoms with van der Waals surface area (Å²) in [6.45, 7) is 3.50. The number of rotatable bonds is 3. The molecular formula is C23H27Cl2N5O2. The lowest BCUT2D eigenvalue weighted by Crippen LogP contribution is -2.45. The predicted molar refractivity (Wildman–Crippen MR) is 130 cm³/mol. The summed E-state index contributed by atoms with van der Waals surface area (Å²) in [6.07, 6.45) is 0.962. The average molecular weight is 476 g/mol. The molecule has 0 unspecified atom stereocenters. The van der Waals surface area contributed by atoms with Crippen LogP contribution in [0.2, 0.25) is 5.02 Å². The van der Waals surface area contributed by atoms with Crippen molar-refractivity contribution >= 4 is 46.6 Å². The van der Waals surface area contributed by atoms with Gasteiger partial charge in [-0.3, -0.25) is 4.79 Å². The van der Waals surface area contributed by atoms with Crippen molar-refractivity contribution in [3.8, 4) is 11.4 Å². The Labute approximate surface area is 198 Å². The molecule has 32 heavy (non-hydrogen) atoms. The highest BCUT2D eigenvalue weighted by molar-refractivity contribution is 6.33. The van der Waals surface area contributed by atoms with Crippen LogP contribution in [0.5, 0.6) is 0 Å². The van der Waals surface area contributed by atoms with Crippen molar-refractivity contribution in [2.45, 2.75) is 25.0 Å². The van der Waals surface area contributed by atoms with Crippen molar-refractivity contribution in [3.05, 3.63) is 47.5 Å². The Balaban J connectivity index is 0.00000245. The highest BCUT2D eigenvalue weighted by Crippen LogP contribution is 2.32. The van der Waals surface area contributed by atoms with Gasteiger partial charge in [-0.1, -0.05) is 23.7 Å². The van der Waals surface area contributed by atoms with E-state index in [1.807, 2.05) is 41.3 Å². The van der Waals surface area contributed by atoms with Gasteiger partial charge in [-0.2, -0.15) is 0 Å². The number of para-hydroxylation sites is 2. The number of nitrogens with zero attached hydrogens (tertiary/aromatic N) is 3. The van der Waals surface area contributed by atoms with Crippen molar-refractivity contribution < 1.29 is 9.90 Å². The van der Waals surface area contributed by atoms with Gasteiger partial charge in [0.1, 0.15) is 5.82 Å². The number of β-amino-alcohol motifs (C(OH)–C–C–N with tert-alkyl or cyclic N) is 1. The molecule has 0 aliphatic carbocycles. The first-order chi connectivity index (χ1) is 15.1. The summed E-state index contributed by atoms with van der Waals surface area (Å²) in [5.74, 6) is 0.850. The third kappa shape index (κ3) is 4.57. The summed E-state index contributed by atoms with van der Waals surface area (Å²) >= 11 is 6.52. The third-order valence-electron chi connectivity index (χ3n) is 6.17. The predicted octanol–water partition coefficient (Wildman–Crippen LogP) is 3.07. The number of carbonyl (C=O) groups is 1. The largest absolute Gasteiger partial charge is 0.392 e. The van der Waals surface area contributed by atoms with Gasteiger partial charge in [-0.15, -0.1) is 12.4 Å². The van der Waals surface area contributed by atoms with Crippen molar-refractivity contribution in [1.29, 1.82) is 0 Å². The van der Waals surface area contributed by atoms with E-state index in [4.69, 9.17) is 16.6 Å². The van der Waals surface area contributed by atoms with Gasteiger partial charge in [-0.25, -0.2) is 4.98 Å². The molecule has 2 aromatic carbocycles. The molecule has 2 fully saturated rings. The van der Waals surface area contributed by atoms with Crippen LogP contribution in [0.1, 0.15) is 12.8 Å². The molecule has 1 aromatic heterocycles. The fourth-order valence-corrected chi connectivity index (χ4v) is 4.70. The standard InChI is InChI=1S/C23H26ClN5O2.ClH/c24-18-7-6-15(12-17(18)22-26-19-4-1-2-5-20(19)27-22)28-8-3-9-29(11-10-28)23(31)21-13-16(30)14-25-21;/h1-2,4-7,12,16,21,25,30H,3,8-11,13-14H2,(H,26,27);1H/t16-,21+;/m1./s1. The molecule has 3 heterocycles. The molecule has 5 rings (SSSR count).